The predicted octanol–water partition coefficient (Wildman–Crippen LogP) is 0.661. The van der Waals surface area contributed by atoms with Gasteiger partial charge in [-0.2, -0.15) is 0 Å². The number of carbonyl (C=O) groups excluding carboxylic acids is 4. The summed E-state index contributed by atoms with van der Waals surface area (Å²) < 4.78 is 52.6. The fraction of sp³-hybridized carbons (Fsp3) is 0.462. The molecule has 410 valence electrons. The largest absolute Gasteiger partial charge is 0.445 e. The first-order valence-corrected chi connectivity index (χ1v) is 24.7. The Morgan fingerprint density at radius 2 is 0.921 bits per heavy atom. The lowest BCUT2D eigenvalue weighted by Crippen LogP contribution is -2.71. The van der Waals surface area contributed by atoms with Crippen molar-refractivity contribution < 1.29 is 92.4 Å². The maximum atomic E-state index is 13.5. The highest BCUT2D eigenvalue weighted by atomic mass is 16.8. The number of aliphatic hydroxyl groups is 6. The molecular formula is C52H63N5O19. The minimum atomic E-state index is -1.96. The van der Waals surface area contributed by atoms with E-state index in [0.717, 1.165) is 0 Å². The molecule has 1 saturated carbocycles. The zero-order chi connectivity index (χ0) is 53.7. The molecular weight excluding hydrogens is 999 g/mol. The number of nitrogens with two attached hydrogens (primary N) is 1. The lowest BCUT2D eigenvalue weighted by Gasteiger charge is -2.52. The summed E-state index contributed by atoms with van der Waals surface area (Å²) in [7, 11) is 0. The van der Waals surface area contributed by atoms with Crippen molar-refractivity contribution in [2.45, 2.75) is 143 Å². The quantitative estimate of drug-likeness (QED) is 0.0647. The van der Waals surface area contributed by atoms with Gasteiger partial charge in [-0.1, -0.05) is 121 Å². The number of hydrogen-bond donors (Lipinski definition) is 11. The number of rotatable bonds is 17. The maximum absolute atomic E-state index is 13.5. The minimum absolute atomic E-state index is 0.0653. The number of benzene rings is 4. The van der Waals surface area contributed by atoms with Crippen LogP contribution < -0.4 is 27.0 Å². The zero-order valence-electron chi connectivity index (χ0n) is 40.9. The van der Waals surface area contributed by atoms with Gasteiger partial charge in [-0.25, -0.2) is 19.2 Å². The molecule has 3 heterocycles. The molecule has 3 aliphatic heterocycles. The van der Waals surface area contributed by atoms with Crippen molar-refractivity contribution >= 4 is 24.4 Å². The summed E-state index contributed by atoms with van der Waals surface area (Å²) in [6.07, 6.45) is -24.0. The Morgan fingerprint density at radius 1 is 0.474 bits per heavy atom. The third-order valence-corrected chi connectivity index (χ3v) is 13.3. The van der Waals surface area contributed by atoms with Gasteiger partial charge in [0.2, 0.25) is 0 Å². The molecule has 3 saturated heterocycles. The van der Waals surface area contributed by atoms with Gasteiger partial charge in [0, 0.05) is 12.5 Å². The first-order chi connectivity index (χ1) is 36.7. The number of amides is 4. The summed E-state index contributed by atoms with van der Waals surface area (Å²) in [6, 6.07) is 28.6. The van der Waals surface area contributed by atoms with E-state index in [1.165, 1.54) is 0 Å². The van der Waals surface area contributed by atoms with Gasteiger partial charge in [-0.15, -0.1) is 0 Å². The van der Waals surface area contributed by atoms with Gasteiger partial charge in [0.25, 0.3) is 0 Å². The monoisotopic (exact) mass is 1060 g/mol. The Kier molecular flexibility index (Phi) is 19.4. The molecule has 0 spiro atoms. The molecule has 4 aliphatic rings. The second-order valence-electron chi connectivity index (χ2n) is 18.7. The second-order valence-corrected chi connectivity index (χ2v) is 18.7. The Balaban J connectivity index is 0.993. The van der Waals surface area contributed by atoms with Crippen LogP contribution in [0.1, 0.15) is 35.1 Å². The highest BCUT2D eigenvalue weighted by Crippen LogP contribution is 2.37. The van der Waals surface area contributed by atoms with Crippen LogP contribution in [0.5, 0.6) is 0 Å². The van der Waals surface area contributed by atoms with E-state index in [4.69, 9.17) is 48.4 Å². The van der Waals surface area contributed by atoms with Gasteiger partial charge in [0.1, 0.15) is 81.3 Å². The number of carbonyl (C=O) groups is 4. The molecule has 17 atom stereocenters. The Bertz CT molecular complexity index is 2470. The molecule has 4 aromatic rings. The van der Waals surface area contributed by atoms with Crippen molar-refractivity contribution in [3.8, 4) is 0 Å². The van der Waals surface area contributed by atoms with Crippen molar-refractivity contribution in [3.05, 3.63) is 144 Å². The fourth-order valence-electron chi connectivity index (χ4n) is 9.29. The van der Waals surface area contributed by atoms with E-state index in [0.29, 0.717) is 22.3 Å². The molecule has 8 rings (SSSR count). The fourth-order valence-corrected chi connectivity index (χ4v) is 9.29. The van der Waals surface area contributed by atoms with Crippen LogP contribution in [-0.4, -0.2) is 166 Å². The van der Waals surface area contributed by atoms with Crippen molar-refractivity contribution in [1.82, 2.24) is 21.3 Å². The maximum Gasteiger partial charge on any atom is 0.407 e. The van der Waals surface area contributed by atoms with E-state index in [9.17, 15) is 49.8 Å². The average Bonchev–Trinajstić information content (AvgIpc) is 3.43. The van der Waals surface area contributed by atoms with Gasteiger partial charge < -0.3 is 100 Å². The summed E-state index contributed by atoms with van der Waals surface area (Å²) in [5.41, 5.74) is 9.22. The highest BCUT2D eigenvalue weighted by Gasteiger charge is 2.56. The molecule has 12 N–H and O–H groups in total. The van der Waals surface area contributed by atoms with Gasteiger partial charge >= 0.3 is 24.4 Å². The van der Waals surface area contributed by atoms with Crippen LogP contribution in [0.15, 0.2) is 121 Å². The average molecular weight is 1060 g/mol. The lowest BCUT2D eigenvalue weighted by atomic mass is 9.84. The first kappa shape index (κ1) is 55.7. The summed E-state index contributed by atoms with van der Waals surface area (Å²) in [4.78, 5) is 52.6. The van der Waals surface area contributed by atoms with Gasteiger partial charge in [-0.3, -0.25) is 0 Å². The summed E-state index contributed by atoms with van der Waals surface area (Å²) >= 11 is 0. The van der Waals surface area contributed by atoms with Crippen LogP contribution in [0.3, 0.4) is 0 Å². The molecule has 76 heavy (non-hydrogen) atoms. The highest BCUT2D eigenvalue weighted by molar-refractivity contribution is 5.69. The first-order valence-electron chi connectivity index (χ1n) is 24.7. The third-order valence-electron chi connectivity index (χ3n) is 13.3. The topological polar surface area (TPSA) is 347 Å². The van der Waals surface area contributed by atoms with Crippen LogP contribution in [0, 0.1) is 0 Å². The number of alkyl carbamates (subject to hydrolysis) is 4. The van der Waals surface area contributed by atoms with E-state index in [1.807, 2.05) is 0 Å². The SMILES string of the molecule is NC1C[C@@H](NC(=O)OCc2ccccc2)[C@@H](O)C(O)[C@@H]1O[C@H]1OC2C(O)C(NC(=O)OCc3ccccc3)C(O[C@H]3OC(CO)[C@@H](NC(=O)OCc4ccccc4)[C@H](O)C3O)O[C@H]2CC1NC(=O)OCc1ccccc1. The molecule has 4 aromatic carbocycles. The van der Waals surface area contributed by atoms with Gasteiger partial charge in [0.05, 0.1) is 30.8 Å². The smallest absolute Gasteiger partial charge is 0.407 e. The van der Waals surface area contributed by atoms with Crippen molar-refractivity contribution in [2.75, 3.05) is 6.61 Å². The number of ether oxygens (including phenoxy) is 9. The number of aliphatic hydroxyl groups excluding tert-OH is 6. The molecule has 24 nitrogen and oxygen atoms in total. The van der Waals surface area contributed by atoms with Crippen molar-refractivity contribution in [1.29, 1.82) is 0 Å². The number of hydrogen-bond acceptors (Lipinski definition) is 20. The summed E-state index contributed by atoms with van der Waals surface area (Å²) in [5.74, 6) is 0. The molecule has 24 heteroatoms. The van der Waals surface area contributed by atoms with E-state index in [1.54, 1.807) is 121 Å². The van der Waals surface area contributed by atoms with E-state index in [2.05, 4.69) is 21.3 Å². The molecule has 0 aromatic heterocycles. The standard InChI is InChI=1S/C52H63N5O19/c53-32-21-33(54-49(64)68-24-28-13-5-1-6-14-28)39(59)42(62)44(32)74-46-34(55-50(65)69-25-29-15-7-2-8-16-29)22-35-45(75-46)41(61)38(57-52(67)71-27-31-19-11-4-12-20-31)47(72-35)76-48-43(63)40(60)37(36(23-58)73-48)56-51(66)70-26-30-17-9-3-10-18-30/h1-20,32-48,58-63H,21-27,53H2,(H,54,64)(H,55,65)(H,56,66)(H,57,67)/t32?,33-,34?,35+,36?,37-,38?,39-,40+,41?,42?,43?,44-,45?,46+,47?,48-/m1/s1. The van der Waals surface area contributed by atoms with Crippen molar-refractivity contribution in [2.24, 2.45) is 5.73 Å². The minimum Gasteiger partial charge on any atom is -0.445 e. The Morgan fingerprint density at radius 3 is 1.39 bits per heavy atom. The normalized spacial score (nSPS) is 32.1. The molecule has 4 amide bonds. The van der Waals surface area contributed by atoms with Gasteiger partial charge in [-0.05, 0) is 28.7 Å². The summed E-state index contributed by atoms with van der Waals surface area (Å²) in [6.45, 7) is -1.35. The Labute approximate surface area is 436 Å². The van der Waals surface area contributed by atoms with E-state index in [-0.39, 0.29) is 39.3 Å². The molecule has 9 unspecified atom stereocenters. The molecule has 0 bridgehead atoms. The van der Waals surface area contributed by atoms with Crippen LogP contribution in [-0.2, 0) is 69.1 Å². The third kappa shape index (κ3) is 14.5. The van der Waals surface area contributed by atoms with E-state index >= 15 is 0 Å². The molecule has 4 fully saturated rings. The lowest BCUT2D eigenvalue weighted by molar-refractivity contribution is -0.374. The predicted molar refractivity (Wildman–Crippen MR) is 260 cm³/mol. The van der Waals surface area contributed by atoms with Crippen LogP contribution in [0.25, 0.3) is 0 Å². The van der Waals surface area contributed by atoms with Gasteiger partial charge in [0.15, 0.2) is 18.9 Å². The Hall–Kier alpha value is -6.52. The van der Waals surface area contributed by atoms with Crippen LogP contribution >= 0.6 is 0 Å². The second kappa shape index (κ2) is 26.5. The molecule has 1 aliphatic carbocycles. The van der Waals surface area contributed by atoms with E-state index < -0.39 is 135 Å². The number of fused-ring (bicyclic) bond motifs is 1. The number of nitrogens with one attached hydrogen (secondary N) is 4. The van der Waals surface area contributed by atoms with Crippen LogP contribution in [0.4, 0.5) is 19.2 Å². The summed E-state index contributed by atoms with van der Waals surface area (Å²) in [5, 5.41) is 78.3. The zero-order valence-corrected chi connectivity index (χ0v) is 40.9. The van der Waals surface area contributed by atoms with Crippen molar-refractivity contribution in [3.63, 3.8) is 0 Å². The van der Waals surface area contributed by atoms with Crippen LogP contribution in [0.2, 0.25) is 0 Å². The molecule has 0 radical (unpaired) electrons.